The van der Waals surface area contributed by atoms with Crippen molar-refractivity contribution in [3.8, 4) is 17.2 Å². The van der Waals surface area contributed by atoms with Crippen molar-refractivity contribution in [1.29, 1.82) is 0 Å². The summed E-state index contributed by atoms with van der Waals surface area (Å²) in [5.74, 6) is 1.62. The molecule has 43 heavy (non-hydrogen) atoms. The van der Waals surface area contributed by atoms with E-state index < -0.39 is 0 Å². The maximum Gasteiger partial charge on any atom is 0.203 e. The fourth-order valence-electron chi connectivity index (χ4n) is 3.25. The Balaban J connectivity index is 2.71. The van der Waals surface area contributed by atoms with Gasteiger partial charge < -0.3 is 62.2 Å². The smallest absolute Gasteiger partial charge is 0.203 e. The quantitative estimate of drug-likeness (QED) is 0.0915. The molecule has 0 aliphatic rings. The lowest BCUT2D eigenvalue weighted by Crippen LogP contribution is -2.16. The second kappa shape index (κ2) is 30.3. The monoisotopic (exact) mass is 621 g/mol. The molecule has 0 bridgehead atoms. The Kier molecular flexibility index (Phi) is 27.6. The van der Waals surface area contributed by atoms with E-state index in [2.05, 4.69) is 12.2 Å². The van der Waals surface area contributed by atoms with Crippen molar-refractivity contribution in [3.63, 3.8) is 0 Å². The first-order chi connectivity index (χ1) is 21.3. The van der Waals surface area contributed by atoms with Crippen molar-refractivity contribution < 1.29 is 56.8 Å². The molecule has 0 spiro atoms. The number of rotatable bonds is 33. The molecule has 0 fully saturated rings. The van der Waals surface area contributed by atoms with Gasteiger partial charge in [-0.15, -0.1) is 0 Å². The highest BCUT2D eigenvalue weighted by Gasteiger charge is 2.16. The van der Waals surface area contributed by atoms with Crippen molar-refractivity contribution >= 4 is 0 Å². The molecule has 0 radical (unpaired) electrons. The van der Waals surface area contributed by atoms with Crippen LogP contribution in [-0.2, 0) is 49.2 Å². The highest BCUT2D eigenvalue weighted by molar-refractivity contribution is 5.54. The molecule has 1 rings (SSSR count). The zero-order valence-electron chi connectivity index (χ0n) is 26.7. The molecule has 0 heterocycles. The zero-order chi connectivity index (χ0) is 31.1. The summed E-state index contributed by atoms with van der Waals surface area (Å²) in [6.45, 7) is 16.6. The fraction of sp³-hybridized carbons (Fsp3) is 0.800. The van der Waals surface area contributed by atoms with Gasteiger partial charge in [-0.25, -0.2) is 0 Å². The first kappa shape index (κ1) is 39.2. The summed E-state index contributed by atoms with van der Waals surface area (Å²) in [7, 11) is 0. The summed E-state index contributed by atoms with van der Waals surface area (Å²) in [5.41, 5.74) is 0.998. The molecule has 0 unspecified atom stereocenters. The molecule has 0 saturated carbocycles. The van der Waals surface area contributed by atoms with E-state index >= 15 is 0 Å². The van der Waals surface area contributed by atoms with Gasteiger partial charge >= 0.3 is 0 Å². The van der Waals surface area contributed by atoms with Crippen LogP contribution in [0.5, 0.6) is 17.2 Å². The predicted octanol–water partition coefficient (Wildman–Crippen LogP) is 3.01. The summed E-state index contributed by atoms with van der Waals surface area (Å²) in [6.07, 6.45) is 0. The average molecular weight is 622 g/mol. The van der Waals surface area contributed by atoms with E-state index in [-0.39, 0.29) is 20.4 Å². The summed E-state index contributed by atoms with van der Waals surface area (Å²) in [5, 5.41) is 3.34. The van der Waals surface area contributed by atoms with E-state index in [1.807, 2.05) is 32.9 Å². The van der Waals surface area contributed by atoms with Gasteiger partial charge in [-0.1, -0.05) is 6.92 Å². The van der Waals surface area contributed by atoms with Crippen LogP contribution in [0.25, 0.3) is 0 Å². The average Bonchev–Trinajstić information content (AvgIpc) is 3.02. The van der Waals surface area contributed by atoms with Crippen LogP contribution in [0.4, 0.5) is 0 Å². The number of ether oxygens (including phenoxy) is 12. The molecular formula is C30H55NO12. The number of benzene rings is 1. The third-order valence-electron chi connectivity index (χ3n) is 5.33. The maximum absolute atomic E-state index is 6.13. The van der Waals surface area contributed by atoms with E-state index in [0.29, 0.717) is 123 Å². The molecule has 13 nitrogen and oxygen atoms in total. The van der Waals surface area contributed by atoms with Crippen LogP contribution in [0.3, 0.4) is 0 Å². The number of hydrogen-bond donors (Lipinski definition) is 1. The minimum Gasteiger partial charge on any atom is -0.487 e. The van der Waals surface area contributed by atoms with Gasteiger partial charge in [0.15, 0.2) is 11.5 Å². The summed E-state index contributed by atoms with van der Waals surface area (Å²) in [4.78, 5) is 0. The number of nitrogens with one attached hydrogen (secondary N) is 1. The summed E-state index contributed by atoms with van der Waals surface area (Å²) >= 11 is 0. The molecule has 0 saturated heterocycles. The zero-order valence-corrected chi connectivity index (χ0v) is 26.7. The Morgan fingerprint density at radius 2 is 0.814 bits per heavy atom. The van der Waals surface area contributed by atoms with Gasteiger partial charge in [0.05, 0.1) is 59.5 Å². The Morgan fingerprint density at radius 3 is 1.21 bits per heavy atom. The highest BCUT2D eigenvalue weighted by Crippen LogP contribution is 2.39. The van der Waals surface area contributed by atoms with Gasteiger partial charge in [0.25, 0.3) is 0 Å². The lowest BCUT2D eigenvalue weighted by molar-refractivity contribution is -0.0675. The Hall–Kier alpha value is -1.78. The van der Waals surface area contributed by atoms with Crippen LogP contribution in [-0.4, -0.2) is 126 Å². The SMILES string of the molecule is CCNCc1cc(OCCOCCOCOCC)c(OCCOCCOCOCC)c(OCCOCCOCOCC)c1. The highest BCUT2D eigenvalue weighted by atomic mass is 16.7. The van der Waals surface area contributed by atoms with Gasteiger partial charge in [0.2, 0.25) is 5.75 Å². The minimum absolute atomic E-state index is 0.255. The summed E-state index contributed by atoms with van der Waals surface area (Å²) in [6, 6.07) is 3.90. The van der Waals surface area contributed by atoms with Crippen LogP contribution in [0.1, 0.15) is 33.3 Å². The molecular weight excluding hydrogens is 566 g/mol. The predicted molar refractivity (Wildman–Crippen MR) is 160 cm³/mol. The van der Waals surface area contributed by atoms with Crippen molar-refractivity contribution in [3.05, 3.63) is 17.7 Å². The fourth-order valence-corrected chi connectivity index (χ4v) is 3.25. The lowest BCUT2D eigenvalue weighted by atomic mass is 10.1. The van der Waals surface area contributed by atoms with E-state index in [0.717, 1.165) is 12.1 Å². The van der Waals surface area contributed by atoms with Crippen LogP contribution in [0.15, 0.2) is 12.1 Å². The molecule has 1 N–H and O–H groups in total. The minimum atomic E-state index is 0.255. The van der Waals surface area contributed by atoms with Crippen molar-refractivity contribution in [2.45, 2.75) is 34.2 Å². The van der Waals surface area contributed by atoms with Gasteiger partial charge in [-0.2, -0.15) is 0 Å². The lowest BCUT2D eigenvalue weighted by Gasteiger charge is -2.19. The van der Waals surface area contributed by atoms with E-state index in [1.165, 1.54) is 0 Å². The second-order valence-corrected chi connectivity index (χ2v) is 8.64. The topological polar surface area (TPSA) is 123 Å². The molecule has 0 aliphatic heterocycles. The third-order valence-corrected chi connectivity index (χ3v) is 5.33. The van der Waals surface area contributed by atoms with Gasteiger partial charge in [0.1, 0.15) is 40.2 Å². The van der Waals surface area contributed by atoms with Gasteiger partial charge in [0, 0.05) is 26.4 Å². The summed E-state index contributed by atoms with van der Waals surface area (Å²) < 4.78 is 66.7. The molecule has 0 atom stereocenters. The standard InChI is InChI=1S/C30H55NO12/c1-5-31-23-27-21-28(41-18-15-35-9-12-38-24-32-6-2)30(43-20-17-37-11-14-40-26-34-8-4)29(22-27)42-19-16-36-10-13-39-25-33-7-3/h21-22,31H,5-20,23-26H2,1-4H3. The first-order valence-corrected chi connectivity index (χ1v) is 15.2. The van der Waals surface area contributed by atoms with Crippen LogP contribution < -0.4 is 19.5 Å². The van der Waals surface area contributed by atoms with Crippen LogP contribution in [0.2, 0.25) is 0 Å². The molecule has 1 aromatic carbocycles. The second-order valence-electron chi connectivity index (χ2n) is 8.64. The Bertz CT molecular complexity index is 700. The Labute approximate surface area is 257 Å². The van der Waals surface area contributed by atoms with Crippen molar-refractivity contribution in [1.82, 2.24) is 5.32 Å². The largest absolute Gasteiger partial charge is 0.487 e. The van der Waals surface area contributed by atoms with Crippen LogP contribution >= 0.6 is 0 Å². The first-order valence-electron chi connectivity index (χ1n) is 15.2. The molecule has 0 amide bonds. The third kappa shape index (κ3) is 22.4. The van der Waals surface area contributed by atoms with Crippen LogP contribution in [0, 0.1) is 0 Å². The maximum atomic E-state index is 6.13. The molecule has 252 valence electrons. The van der Waals surface area contributed by atoms with Gasteiger partial charge in [-0.05, 0) is 45.0 Å². The van der Waals surface area contributed by atoms with Gasteiger partial charge in [-0.3, -0.25) is 0 Å². The molecule has 1 aromatic rings. The van der Waals surface area contributed by atoms with E-state index in [4.69, 9.17) is 56.8 Å². The number of hydrogen-bond acceptors (Lipinski definition) is 13. The normalized spacial score (nSPS) is 11.3. The molecule has 13 heteroatoms. The van der Waals surface area contributed by atoms with E-state index in [9.17, 15) is 0 Å². The van der Waals surface area contributed by atoms with E-state index in [1.54, 1.807) is 0 Å². The Morgan fingerprint density at radius 1 is 0.442 bits per heavy atom. The van der Waals surface area contributed by atoms with Crippen molar-refractivity contribution in [2.24, 2.45) is 0 Å². The van der Waals surface area contributed by atoms with Crippen molar-refractivity contribution in [2.75, 3.05) is 126 Å². The molecule has 0 aliphatic carbocycles. The molecule has 0 aromatic heterocycles.